The summed E-state index contributed by atoms with van der Waals surface area (Å²) in [7, 11) is 0. The van der Waals surface area contributed by atoms with E-state index in [9.17, 15) is 0 Å². The first-order chi connectivity index (χ1) is 9.11. The topological polar surface area (TPSA) is 29.9 Å². The minimum atomic E-state index is 0.763. The molecule has 1 aromatic carbocycles. The van der Waals surface area contributed by atoms with Crippen molar-refractivity contribution in [2.45, 2.75) is 33.7 Å². The maximum Gasteiger partial charge on any atom is 0.0694 e. The van der Waals surface area contributed by atoms with Crippen molar-refractivity contribution < 1.29 is 0 Å². The van der Waals surface area contributed by atoms with Crippen LogP contribution in [0.5, 0.6) is 0 Å². The lowest BCUT2D eigenvalue weighted by atomic mass is 10.1. The minimum absolute atomic E-state index is 0.763. The smallest absolute Gasteiger partial charge is 0.0694 e. The molecule has 1 heterocycles. The van der Waals surface area contributed by atoms with Crippen molar-refractivity contribution in [1.82, 2.24) is 15.1 Å². The number of hydrogen-bond acceptors (Lipinski definition) is 2. The van der Waals surface area contributed by atoms with Crippen molar-refractivity contribution in [3.63, 3.8) is 0 Å². The Hall–Kier alpha value is -1.32. The van der Waals surface area contributed by atoms with Gasteiger partial charge >= 0.3 is 0 Å². The summed E-state index contributed by atoms with van der Waals surface area (Å²) >= 11 is 6.10. The van der Waals surface area contributed by atoms with E-state index in [1.165, 1.54) is 5.56 Å². The quantitative estimate of drug-likeness (QED) is 0.846. The first kappa shape index (κ1) is 14.1. The summed E-state index contributed by atoms with van der Waals surface area (Å²) in [4.78, 5) is 0. The van der Waals surface area contributed by atoms with Gasteiger partial charge in [0.2, 0.25) is 0 Å². The van der Waals surface area contributed by atoms with Gasteiger partial charge in [-0.2, -0.15) is 5.10 Å². The van der Waals surface area contributed by atoms with Crippen LogP contribution >= 0.6 is 11.6 Å². The van der Waals surface area contributed by atoms with Gasteiger partial charge in [-0.25, -0.2) is 4.68 Å². The lowest BCUT2D eigenvalue weighted by Crippen LogP contribution is -2.16. The van der Waals surface area contributed by atoms with Crippen LogP contribution in [-0.2, 0) is 6.54 Å². The Morgan fingerprint density at radius 3 is 2.68 bits per heavy atom. The fourth-order valence-electron chi connectivity index (χ4n) is 2.17. The van der Waals surface area contributed by atoms with Crippen LogP contribution < -0.4 is 5.32 Å². The lowest BCUT2D eigenvalue weighted by Gasteiger charge is -2.12. The molecule has 0 bridgehead atoms. The normalized spacial score (nSPS) is 10.9. The molecule has 0 atom stereocenters. The number of rotatable bonds is 5. The third-order valence-electron chi connectivity index (χ3n) is 3.02. The molecule has 0 saturated heterocycles. The van der Waals surface area contributed by atoms with Crippen LogP contribution in [0.2, 0.25) is 5.02 Å². The van der Waals surface area contributed by atoms with E-state index in [-0.39, 0.29) is 0 Å². The summed E-state index contributed by atoms with van der Waals surface area (Å²) < 4.78 is 1.98. The number of aryl methyl sites for hydroxylation is 2. The maximum absolute atomic E-state index is 6.10. The molecule has 102 valence electrons. The van der Waals surface area contributed by atoms with E-state index in [0.29, 0.717) is 0 Å². The largest absolute Gasteiger partial charge is 0.313 e. The van der Waals surface area contributed by atoms with E-state index in [1.807, 2.05) is 29.8 Å². The van der Waals surface area contributed by atoms with Crippen LogP contribution in [0.1, 0.15) is 30.3 Å². The van der Waals surface area contributed by atoms with Crippen molar-refractivity contribution in [3.8, 4) is 5.69 Å². The predicted octanol–water partition coefficient (Wildman–Crippen LogP) is 3.64. The average molecular weight is 278 g/mol. The number of benzene rings is 1. The van der Waals surface area contributed by atoms with E-state index >= 15 is 0 Å². The van der Waals surface area contributed by atoms with E-state index < -0.39 is 0 Å². The first-order valence-electron chi connectivity index (χ1n) is 6.64. The summed E-state index contributed by atoms with van der Waals surface area (Å²) in [5, 5.41) is 8.72. The van der Waals surface area contributed by atoms with E-state index in [4.69, 9.17) is 11.6 Å². The Morgan fingerprint density at radius 2 is 2.05 bits per heavy atom. The second-order valence-corrected chi connectivity index (χ2v) is 5.23. The van der Waals surface area contributed by atoms with Crippen LogP contribution in [-0.4, -0.2) is 16.3 Å². The molecular formula is C15H20ClN3. The Balaban J connectivity index is 2.36. The molecule has 0 aliphatic carbocycles. The molecule has 0 amide bonds. The van der Waals surface area contributed by atoms with Gasteiger partial charge in [-0.1, -0.05) is 18.5 Å². The molecule has 0 radical (unpaired) electrons. The summed E-state index contributed by atoms with van der Waals surface area (Å²) in [6.45, 7) is 8.05. The second-order valence-electron chi connectivity index (χ2n) is 4.79. The third kappa shape index (κ3) is 3.37. The monoisotopic (exact) mass is 277 g/mol. The molecule has 2 aromatic rings. The standard InChI is InChI=1S/C15H20ClN3/c1-4-7-17-10-13-9-14(16)5-6-15(13)19-12(3)8-11(2)18-19/h5-6,8-9,17H,4,7,10H2,1-3H3. The Bertz CT molecular complexity index is 561. The van der Waals surface area contributed by atoms with Gasteiger partial charge in [0.1, 0.15) is 0 Å². The molecule has 1 aromatic heterocycles. The number of halogens is 1. The number of hydrogen-bond donors (Lipinski definition) is 1. The van der Waals surface area contributed by atoms with Crippen LogP contribution in [0.3, 0.4) is 0 Å². The van der Waals surface area contributed by atoms with Crippen LogP contribution in [0.25, 0.3) is 5.69 Å². The summed E-state index contributed by atoms with van der Waals surface area (Å²) in [6, 6.07) is 8.04. The third-order valence-corrected chi connectivity index (χ3v) is 3.26. The summed E-state index contributed by atoms with van der Waals surface area (Å²) in [5.41, 5.74) is 4.43. The average Bonchev–Trinajstić information content (AvgIpc) is 2.69. The van der Waals surface area contributed by atoms with Crippen molar-refractivity contribution >= 4 is 11.6 Å². The molecule has 0 aliphatic heterocycles. The molecule has 0 saturated carbocycles. The SMILES string of the molecule is CCCNCc1cc(Cl)ccc1-n1nc(C)cc1C. The Labute approximate surface area is 119 Å². The van der Waals surface area contributed by atoms with Gasteiger partial charge in [0.05, 0.1) is 11.4 Å². The van der Waals surface area contributed by atoms with Crippen molar-refractivity contribution in [2.24, 2.45) is 0 Å². The van der Waals surface area contributed by atoms with Gasteiger partial charge in [-0.15, -0.1) is 0 Å². The molecule has 0 fully saturated rings. The van der Waals surface area contributed by atoms with Gasteiger partial charge in [-0.05, 0) is 56.6 Å². The highest BCUT2D eigenvalue weighted by Crippen LogP contribution is 2.21. The molecule has 0 aliphatic rings. The number of aromatic nitrogens is 2. The van der Waals surface area contributed by atoms with Crippen LogP contribution in [0.15, 0.2) is 24.3 Å². The zero-order valence-electron chi connectivity index (χ0n) is 11.7. The zero-order chi connectivity index (χ0) is 13.8. The van der Waals surface area contributed by atoms with Gasteiger partial charge in [0.25, 0.3) is 0 Å². The summed E-state index contributed by atoms with van der Waals surface area (Å²) in [6.07, 6.45) is 1.12. The van der Waals surface area contributed by atoms with Gasteiger partial charge in [0, 0.05) is 17.3 Å². The van der Waals surface area contributed by atoms with Gasteiger partial charge in [-0.3, -0.25) is 0 Å². The molecule has 0 spiro atoms. The molecular weight excluding hydrogens is 258 g/mol. The maximum atomic E-state index is 6.10. The Morgan fingerprint density at radius 1 is 1.26 bits per heavy atom. The predicted molar refractivity (Wildman–Crippen MR) is 80.0 cm³/mol. The first-order valence-corrected chi connectivity index (χ1v) is 7.02. The number of nitrogens with one attached hydrogen (secondary N) is 1. The highest BCUT2D eigenvalue weighted by atomic mass is 35.5. The molecule has 4 heteroatoms. The highest BCUT2D eigenvalue weighted by molar-refractivity contribution is 6.30. The van der Waals surface area contributed by atoms with Gasteiger partial charge < -0.3 is 5.32 Å². The van der Waals surface area contributed by atoms with E-state index in [2.05, 4.69) is 30.3 Å². The lowest BCUT2D eigenvalue weighted by molar-refractivity contribution is 0.669. The fraction of sp³-hybridized carbons (Fsp3) is 0.400. The second kappa shape index (κ2) is 6.22. The molecule has 19 heavy (non-hydrogen) atoms. The molecule has 2 rings (SSSR count). The highest BCUT2D eigenvalue weighted by Gasteiger charge is 2.09. The molecule has 0 unspecified atom stereocenters. The molecule has 1 N–H and O–H groups in total. The van der Waals surface area contributed by atoms with Crippen LogP contribution in [0.4, 0.5) is 0 Å². The number of nitrogens with zero attached hydrogens (tertiary/aromatic N) is 2. The summed E-state index contributed by atoms with van der Waals surface area (Å²) in [5.74, 6) is 0. The van der Waals surface area contributed by atoms with Crippen LogP contribution in [0, 0.1) is 13.8 Å². The zero-order valence-corrected chi connectivity index (χ0v) is 12.5. The van der Waals surface area contributed by atoms with Crippen molar-refractivity contribution in [1.29, 1.82) is 0 Å². The minimum Gasteiger partial charge on any atom is -0.313 e. The Kier molecular flexibility index (Phi) is 4.61. The molecule has 3 nitrogen and oxygen atoms in total. The van der Waals surface area contributed by atoms with E-state index in [0.717, 1.165) is 41.6 Å². The fourth-order valence-corrected chi connectivity index (χ4v) is 2.37. The van der Waals surface area contributed by atoms with Crippen molar-refractivity contribution in [2.75, 3.05) is 6.54 Å². The van der Waals surface area contributed by atoms with Crippen molar-refractivity contribution in [3.05, 3.63) is 46.2 Å². The van der Waals surface area contributed by atoms with Gasteiger partial charge in [0.15, 0.2) is 0 Å². The van der Waals surface area contributed by atoms with E-state index in [1.54, 1.807) is 0 Å².